The molecule has 3 unspecified atom stereocenters. The average molecular weight is 712 g/mol. The van der Waals surface area contributed by atoms with Gasteiger partial charge in [-0.05, 0) is 33.0 Å². The van der Waals surface area contributed by atoms with Gasteiger partial charge in [-0.3, -0.25) is 19.8 Å². The molecule has 2 aliphatic rings. The first-order valence-corrected chi connectivity index (χ1v) is 16.3. The van der Waals surface area contributed by atoms with E-state index < -0.39 is 67.9 Å². The van der Waals surface area contributed by atoms with Crippen LogP contribution in [-0.2, 0) is 28.5 Å². The normalized spacial score (nSPS) is 20.0. The molecule has 19 heteroatoms. The molecule has 1 aromatic heterocycles. The van der Waals surface area contributed by atoms with E-state index in [0.717, 1.165) is 17.1 Å². The van der Waals surface area contributed by atoms with Gasteiger partial charge in [0.05, 0.1) is 0 Å². The van der Waals surface area contributed by atoms with Gasteiger partial charge in [0.15, 0.2) is 7.57 Å². The molecular formula is C20H24BFIN6O7PS2. The number of nitrogens with zero attached hydrogens (tertiary/aromatic N) is 4. The van der Waals surface area contributed by atoms with Gasteiger partial charge >= 0.3 is 12.1 Å². The number of carbonyl (C=O) groups excluding carboxylic acids is 4. The predicted octanol–water partition coefficient (Wildman–Crippen LogP) is 2.32. The third kappa shape index (κ3) is 8.01. The molecule has 2 radical (unpaired) electrons. The van der Waals surface area contributed by atoms with Gasteiger partial charge in [-0.2, -0.15) is 9.36 Å². The molecule has 1 fully saturated rings. The van der Waals surface area contributed by atoms with Crippen molar-refractivity contribution in [2.75, 3.05) is 35.4 Å². The minimum atomic E-state index is -1.49. The van der Waals surface area contributed by atoms with Crippen LogP contribution in [0.2, 0.25) is 0 Å². The van der Waals surface area contributed by atoms with Crippen molar-refractivity contribution in [1.82, 2.24) is 19.6 Å². The Hall–Kier alpha value is -2.05. The van der Waals surface area contributed by atoms with E-state index in [-0.39, 0.29) is 16.7 Å². The Kier molecular flexibility index (Phi) is 10.9. The molecule has 210 valence electrons. The van der Waals surface area contributed by atoms with Crippen molar-refractivity contribution in [3.63, 3.8) is 0 Å². The second-order valence-corrected chi connectivity index (χ2v) is 12.8. The fourth-order valence-corrected chi connectivity index (χ4v) is 6.50. The van der Waals surface area contributed by atoms with E-state index in [1.54, 1.807) is 27.4 Å². The third-order valence-corrected chi connectivity index (χ3v) is 8.05. The second kappa shape index (κ2) is 13.5. The Balaban J connectivity index is 1.76. The van der Waals surface area contributed by atoms with Gasteiger partial charge in [0.25, 0.3) is 11.8 Å². The lowest BCUT2D eigenvalue weighted by Crippen LogP contribution is -2.71. The monoisotopic (exact) mass is 712 g/mol. The SMILES string of the molecule is [B]P(C)OC(=O)C1=C(CI)CSC2C(NC(=O)/C(=N/OCCF)c3nsc(NC(=O)OC(C)(C)C)n3)C(=O)N12. The van der Waals surface area contributed by atoms with Crippen LogP contribution >= 0.6 is 53.9 Å². The number of oxime groups is 1. The molecular weight excluding hydrogens is 688 g/mol. The number of fused-ring (bicyclic) bond motifs is 1. The fourth-order valence-electron chi connectivity index (χ4n) is 3.25. The number of alkyl halides is 2. The number of anilines is 1. The van der Waals surface area contributed by atoms with Crippen molar-refractivity contribution in [2.24, 2.45) is 5.16 Å². The van der Waals surface area contributed by atoms with E-state index in [1.165, 1.54) is 16.7 Å². The predicted molar refractivity (Wildman–Crippen MR) is 154 cm³/mol. The molecule has 0 spiro atoms. The molecule has 0 aromatic carbocycles. The minimum Gasteiger partial charge on any atom is -0.452 e. The molecule has 3 rings (SSSR count). The lowest BCUT2D eigenvalue weighted by atomic mass is 10.0. The van der Waals surface area contributed by atoms with Gasteiger partial charge in [0.1, 0.15) is 36.0 Å². The van der Waals surface area contributed by atoms with Crippen LogP contribution in [0.15, 0.2) is 16.4 Å². The van der Waals surface area contributed by atoms with Gasteiger partial charge in [0.2, 0.25) is 16.7 Å². The molecule has 0 saturated carbocycles. The van der Waals surface area contributed by atoms with Crippen LogP contribution in [0.3, 0.4) is 0 Å². The van der Waals surface area contributed by atoms with E-state index in [1.807, 2.05) is 0 Å². The number of carbonyl (C=O) groups is 4. The standard InChI is InChI=1S/C20H24BFIN6O7PS2/c1-20(2,3)35-19(33)26-18-25-13(28-39-18)10(27-34-6-5-22)14(30)24-11-15(31)29-12(17(32)36-37(4)21)9(7-23)8-38-16(11)29/h11,16H,5-8H2,1-4H3,(H,24,30)(H,25,26,28,33)/b27-10+. The maximum Gasteiger partial charge on any atom is 0.414 e. The zero-order chi connectivity index (χ0) is 28.9. The molecule has 1 saturated heterocycles. The lowest BCUT2D eigenvalue weighted by molar-refractivity contribution is -0.149. The van der Waals surface area contributed by atoms with Crippen LogP contribution in [0.5, 0.6) is 0 Å². The van der Waals surface area contributed by atoms with Gasteiger partial charge < -0.3 is 19.4 Å². The summed E-state index contributed by atoms with van der Waals surface area (Å²) in [6.07, 6.45) is -0.783. The minimum absolute atomic E-state index is 0.00869. The number of amides is 3. The quantitative estimate of drug-likeness (QED) is 0.0539. The number of thioether (sulfide) groups is 1. The topological polar surface area (TPSA) is 161 Å². The van der Waals surface area contributed by atoms with Gasteiger partial charge in [-0.1, -0.05) is 27.7 Å². The largest absolute Gasteiger partial charge is 0.452 e. The van der Waals surface area contributed by atoms with E-state index >= 15 is 0 Å². The van der Waals surface area contributed by atoms with E-state index in [2.05, 4.69) is 47.7 Å². The first-order chi connectivity index (χ1) is 18.4. The van der Waals surface area contributed by atoms with Crippen molar-refractivity contribution in [3.8, 4) is 0 Å². The van der Waals surface area contributed by atoms with Crippen LogP contribution in [0.25, 0.3) is 0 Å². The Bertz CT molecular complexity index is 1200. The van der Waals surface area contributed by atoms with Gasteiger partial charge in [-0.25, -0.2) is 14.0 Å². The second-order valence-electron chi connectivity index (χ2n) is 8.88. The first-order valence-electron chi connectivity index (χ1n) is 11.2. The lowest BCUT2D eigenvalue weighted by Gasteiger charge is -2.49. The molecule has 2 N–H and O–H groups in total. The number of hydrogen-bond donors (Lipinski definition) is 2. The Morgan fingerprint density at radius 2 is 2.08 bits per heavy atom. The Morgan fingerprint density at radius 3 is 2.69 bits per heavy atom. The summed E-state index contributed by atoms with van der Waals surface area (Å²) in [5.41, 5.74) is -0.345. The van der Waals surface area contributed by atoms with Crippen LogP contribution in [0, 0.1) is 0 Å². The van der Waals surface area contributed by atoms with Crippen molar-refractivity contribution >= 4 is 96.2 Å². The van der Waals surface area contributed by atoms with E-state index in [4.69, 9.17) is 21.7 Å². The molecule has 39 heavy (non-hydrogen) atoms. The summed E-state index contributed by atoms with van der Waals surface area (Å²) in [6, 6.07) is -1.01. The van der Waals surface area contributed by atoms with E-state index in [9.17, 15) is 23.6 Å². The fraction of sp³-hybridized carbons (Fsp3) is 0.550. The summed E-state index contributed by atoms with van der Waals surface area (Å²) in [5, 5.41) is 8.04. The summed E-state index contributed by atoms with van der Waals surface area (Å²) in [6.45, 7) is 5.32. The first kappa shape index (κ1) is 31.5. The summed E-state index contributed by atoms with van der Waals surface area (Å²) < 4.78 is 27.4. The summed E-state index contributed by atoms with van der Waals surface area (Å²) >= 11 is 4.21. The van der Waals surface area contributed by atoms with Crippen LogP contribution in [-0.4, -0.2) is 98.6 Å². The summed E-state index contributed by atoms with van der Waals surface area (Å²) in [5.74, 6) is -1.89. The number of aromatic nitrogens is 2. The van der Waals surface area contributed by atoms with Crippen molar-refractivity contribution in [2.45, 2.75) is 37.8 Å². The van der Waals surface area contributed by atoms with Crippen molar-refractivity contribution in [1.29, 1.82) is 0 Å². The molecule has 0 bridgehead atoms. The molecule has 13 nitrogen and oxygen atoms in total. The average Bonchev–Trinajstić information content (AvgIpc) is 3.29. The van der Waals surface area contributed by atoms with Crippen molar-refractivity contribution < 1.29 is 37.7 Å². The Morgan fingerprint density at radius 1 is 1.36 bits per heavy atom. The summed E-state index contributed by atoms with van der Waals surface area (Å²) in [7, 11) is 4.15. The van der Waals surface area contributed by atoms with Crippen LogP contribution in [0.4, 0.5) is 14.3 Å². The van der Waals surface area contributed by atoms with Gasteiger partial charge in [0, 0.05) is 29.7 Å². The highest BCUT2D eigenvalue weighted by atomic mass is 127. The molecule has 2 aliphatic heterocycles. The van der Waals surface area contributed by atoms with E-state index in [0.29, 0.717) is 10.2 Å². The third-order valence-electron chi connectivity index (χ3n) is 4.70. The van der Waals surface area contributed by atoms with Crippen molar-refractivity contribution in [3.05, 3.63) is 17.1 Å². The number of ether oxygens (including phenoxy) is 1. The zero-order valence-corrected chi connectivity index (χ0v) is 25.9. The summed E-state index contributed by atoms with van der Waals surface area (Å²) in [4.78, 5) is 61.1. The maximum absolute atomic E-state index is 13.2. The highest BCUT2D eigenvalue weighted by Gasteiger charge is 2.54. The molecule has 3 atom stereocenters. The smallest absolute Gasteiger partial charge is 0.414 e. The number of hydrogen-bond acceptors (Lipinski definition) is 12. The van der Waals surface area contributed by atoms with Gasteiger partial charge in [-0.15, -0.1) is 11.8 Å². The van der Waals surface area contributed by atoms with Crippen LogP contribution < -0.4 is 10.6 Å². The maximum atomic E-state index is 13.2. The number of β-lactam (4-membered cyclic amide) rings is 1. The zero-order valence-electron chi connectivity index (χ0n) is 21.2. The molecule has 3 amide bonds. The number of rotatable bonds is 10. The molecule has 0 aliphatic carbocycles. The number of nitrogens with one attached hydrogen (secondary N) is 2. The highest BCUT2D eigenvalue weighted by Crippen LogP contribution is 2.42. The Labute approximate surface area is 247 Å². The molecule has 3 heterocycles. The number of halogens is 2. The van der Waals surface area contributed by atoms with Crippen LogP contribution in [0.1, 0.15) is 26.6 Å². The highest BCUT2D eigenvalue weighted by molar-refractivity contribution is 14.1. The molecule has 1 aromatic rings.